The van der Waals surface area contributed by atoms with E-state index in [2.05, 4.69) is 6.92 Å². The molecule has 2 unspecified atom stereocenters. The first-order valence-electron chi connectivity index (χ1n) is 6.53. The van der Waals surface area contributed by atoms with E-state index in [0.717, 1.165) is 18.4 Å². The monoisotopic (exact) mass is 284 g/mol. The minimum absolute atomic E-state index is 0.212. The summed E-state index contributed by atoms with van der Waals surface area (Å²) in [5.41, 5.74) is 0.854. The van der Waals surface area contributed by atoms with Crippen LogP contribution in [-0.2, 0) is 11.2 Å². The Balaban J connectivity index is 2.04. The molecule has 3 heteroatoms. The van der Waals surface area contributed by atoms with Gasteiger partial charge in [0.05, 0.1) is 0 Å². The van der Waals surface area contributed by atoms with Crippen molar-refractivity contribution < 1.29 is 4.79 Å². The smallest absolute Gasteiger partial charge is 0.140 e. The zero-order valence-corrected chi connectivity index (χ0v) is 12.1. The predicted octanol–water partition coefficient (Wildman–Crippen LogP) is 4.93. The van der Waals surface area contributed by atoms with Gasteiger partial charge in [0.25, 0.3) is 0 Å². The quantitative estimate of drug-likeness (QED) is 0.769. The van der Waals surface area contributed by atoms with Gasteiger partial charge in [-0.05, 0) is 42.5 Å². The molecular formula is C15H18Cl2O. The SMILES string of the molecule is CC1CCCC(C(=O)Cc2cc(Cl)ccc2Cl)C1. The van der Waals surface area contributed by atoms with Crippen LogP contribution in [-0.4, -0.2) is 5.78 Å². The second kappa shape index (κ2) is 6.08. The molecule has 0 radical (unpaired) electrons. The molecule has 1 saturated carbocycles. The Morgan fingerprint density at radius 3 is 2.83 bits per heavy atom. The number of halogens is 2. The van der Waals surface area contributed by atoms with Crippen molar-refractivity contribution in [2.75, 3.05) is 0 Å². The first kappa shape index (κ1) is 13.9. The van der Waals surface area contributed by atoms with Crippen molar-refractivity contribution in [1.29, 1.82) is 0 Å². The van der Waals surface area contributed by atoms with Crippen LogP contribution >= 0.6 is 23.2 Å². The van der Waals surface area contributed by atoms with Crippen molar-refractivity contribution >= 4 is 29.0 Å². The average Bonchev–Trinajstić information content (AvgIpc) is 2.34. The topological polar surface area (TPSA) is 17.1 Å². The van der Waals surface area contributed by atoms with Crippen LogP contribution < -0.4 is 0 Å². The van der Waals surface area contributed by atoms with E-state index < -0.39 is 0 Å². The van der Waals surface area contributed by atoms with E-state index in [1.165, 1.54) is 12.8 Å². The van der Waals surface area contributed by atoms with Gasteiger partial charge in [-0.3, -0.25) is 4.79 Å². The number of carbonyl (C=O) groups excluding carboxylic acids is 1. The van der Waals surface area contributed by atoms with Crippen LogP contribution in [0.5, 0.6) is 0 Å². The molecule has 18 heavy (non-hydrogen) atoms. The maximum Gasteiger partial charge on any atom is 0.140 e. The van der Waals surface area contributed by atoms with Crippen LogP contribution in [0.15, 0.2) is 18.2 Å². The van der Waals surface area contributed by atoms with Gasteiger partial charge in [-0.1, -0.05) is 43.0 Å². The number of benzene rings is 1. The lowest BCUT2D eigenvalue weighted by Crippen LogP contribution is -2.23. The maximum atomic E-state index is 12.3. The van der Waals surface area contributed by atoms with Gasteiger partial charge in [0.1, 0.15) is 5.78 Å². The Hall–Kier alpha value is -0.530. The Labute approximate surface area is 118 Å². The van der Waals surface area contributed by atoms with Crippen LogP contribution in [0.1, 0.15) is 38.2 Å². The van der Waals surface area contributed by atoms with E-state index in [1.807, 2.05) is 0 Å². The van der Waals surface area contributed by atoms with Gasteiger partial charge in [0.2, 0.25) is 0 Å². The average molecular weight is 285 g/mol. The summed E-state index contributed by atoms with van der Waals surface area (Å²) in [6.45, 7) is 2.23. The molecule has 0 aromatic heterocycles. The molecule has 98 valence electrons. The Bertz CT molecular complexity index is 442. The van der Waals surface area contributed by atoms with Crippen LogP contribution in [0, 0.1) is 11.8 Å². The first-order valence-corrected chi connectivity index (χ1v) is 7.28. The first-order chi connectivity index (χ1) is 8.56. The molecule has 1 fully saturated rings. The largest absolute Gasteiger partial charge is 0.299 e. The number of Topliss-reactive ketones (excluding diaryl/α,β-unsaturated/α-hetero) is 1. The minimum Gasteiger partial charge on any atom is -0.299 e. The van der Waals surface area contributed by atoms with Gasteiger partial charge in [-0.25, -0.2) is 0 Å². The van der Waals surface area contributed by atoms with Crippen LogP contribution in [0.2, 0.25) is 10.0 Å². The van der Waals surface area contributed by atoms with Crippen LogP contribution in [0.25, 0.3) is 0 Å². The number of ketones is 1. The highest BCUT2D eigenvalue weighted by Gasteiger charge is 2.25. The van der Waals surface area contributed by atoms with Gasteiger partial charge < -0.3 is 0 Å². The lowest BCUT2D eigenvalue weighted by atomic mass is 9.79. The highest BCUT2D eigenvalue weighted by molar-refractivity contribution is 6.33. The molecule has 0 aliphatic heterocycles. The molecular weight excluding hydrogens is 267 g/mol. The molecule has 1 aliphatic rings. The molecule has 0 bridgehead atoms. The molecule has 2 rings (SSSR count). The van der Waals surface area contributed by atoms with E-state index in [4.69, 9.17) is 23.2 Å². The standard InChI is InChI=1S/C15H18Cl2O/c1-10-3-2-4-11(7-10)15(18)9-12-8-13(16)5-6-14(12)17/h5-6,8,10-11H,2-4,7,9H2,1H3. The molecule has 1 aromatic carbocycles. The summed E-state index contributed by atoms with van der Waals surface area (Å²) in [5.74, 6) is 1.19. The molecule has 1 nitrogen and oxygen atoms in total. The number of rotatable bonds is 3. The van der Waals surface area contributed by atoms with E-state index in [-0.39, 0.29) is 5.92 Å². The van der Waals surface area contributed by atoms with Gasteiger partial charge in [0, 0.05) is 22.4 Å². The Morgan fingerprint density at radius 2 is 2.11 bits per heavy atom. The third kappa shape index (κ3) is 3.49. The van der Waals surface area contributed by atoms with Crippen molar-refractivity contribution in [2.24, 2.45) is 11.8 Å². The summed E-state index contributed by atoms with van der Waals surface area (Å²) in [5, 5.41) is 1.27. The third-order valence-electron chi connectivity index (χ3n) is 3.76. The summed E-state index contributed by atoms with van der Waals surface area (Å²) >= 11 is 12.0. The highest BCUT2D eigenvalue weighted by Crippen LogP contribution is 2.31. The van der Waals surface area contributed by atoms with Crippen molar-refractivity contribution in [3.63, 3.8) is 0 Å². The zero-order valence-electron chi connectivity index (χ0n) is 10.6. The minimum atomic E-state index is 0.212. The molecule has 0 amide bonds. The molecule has 0 saturated heterocycles. The second-order valence-electron chi connectivity index (χ2n) is 5.35. The summed E-state index contributed by atoms with van der Waals surface area (Å²) in [6.07, 6.45) is 4.89. The van der Waals surface area contributed by atoms with E-state index >= 15 is 0 Å². The summed E-state index contributed by atoms with van der Waals surface area (Å²) < 4.78 is 0. The van der Waals surface area contributed by atoms with E-state index in [9.17, 15) is 4.79 Å². The van der Waals surface area contributed by atoms with Crippen molar-refractivity contribution in [3.05, 3.63) is 33.8 Å². The summed E-state index contributed by atoms with van der Waals surface area (Å²) in [4.78, 5) is 12.3. The predicted molar refractivity (Wildman–Crippen MR) is 76.3 cm³/mol. The van der Waals surface area contributed by atoms with Crippen molar-refractivity contribution in [3.8, 4) is 0 Å². The van der Waals surface area contributed by atoms with Crippen molar-refractivity contribution in [2.45, 2.75) is 39.0 Å². The van der Waals surface area contributed by atoms with Crippen molar-refractivity contribution in [1.82, 2.24) is 0 Å². The van der Waals surface area contributed by atoms with Gasteiger partial charge in [-0.15, -0.1) is 0 Å². The zero-order chi connectivity index (χ0) is 13.1. The third-order valence-corrected chi connectivity index (χ3v) is 4.37. The Kier molecular flexibility index (Phi) is 4.69. The second-order valence-corrected chi connectivity index (χ2v) is 6.19. The molecule has 2 atom stereocenters. The lowest BCUT2D eigenvalue weighted by molar-refractivity contribution is -0.123. The molecule has 1 aliphatic carbocycles. The highest BCUT2D eigenvalue weighted by atomic mass is 35.5. The molecule has 0 spiro atoms. The van der Waals surface area contributed by atoms with Crippen LogP contribution in [0.3, 0.4) is 0 Å². The van der Waals surface area contributed by atoms with Gasteiger partial charge >= 0.3 is 0 Å². The number of carbonyl (C=O) groups is 1. The Morgan fingerprint density at radius 1 is 1.33 bits per heavy atom. The maximum absolute atomic E-state index is 12.3. The summed E-state index contributed by atoms with van der Waals surface area (Å²) in [6, 6.07) is 5.31. The molecule has 0 N–H and O–H groups in total. The van der Waals surface area contributed by atoms with Crippen LogP contribution in [0.4, 0.5) is 0 Å². The fraction of sp³-hybridized carbons (Fsp3) is 0.533. The fourth-order valence-electron chi connectivity index (χ4n) is 2.74. The van der Waals surface area contributed by atoms with Gasteiger partial charge in [-0.2, -0.15) is 0 Å². The van der Waals surface area contributed by atoms with Gasteiger partial charge in [0.15, 0.2) is 0 Å². The molecule has 1 aromatic rings. The van der Waals surface area contributed by atoms with E-state index in [0.29, 0.717) is 28.2 Å². The molecule has 0 heterocycles. The normalized spacial score (nSPS) is 23.9. The number of hydrogen-bond donors (Lipinski definition) is 0. The summed E-state index contributed by atoms with van der Waals surface area (Å²) in [7, 11) is 0. The lowest BCUT2D eigenvalue weighted by Gasteiger charge is -2.25. The van der Waals surface area contributed by atoms with E-state index in [1.54, 1.807) is 18.2 Å². The number of hydrogen-bond acceptors (Lipinski definition) is 1. The fourth-order valence-corrected chi connectivity index (χ4v) is 3.12.